The molecule has 18 N–H and O–H groups in total. The minimum atomic E-state index is -1.45. The van der Waals surface area contributed by atoms with E-state index in [4.69, 9.17) is 28.0 Å². The van der Waals surface area contributed by atoms with Crippen molar-refractivity contribution in [3.63, 3.8) is 0 Å². The quantitative estimate of drug-likeness (QED) is 0.0409. The molecule has 3 aromatic rings. The number of nitrogens with two attached hydrogens (primary N) is 3. The van der Waals surface area contributed by atoms with Gasteiger partial charge in [0.15, 0.2) is 11.9 Å². The number of para-hydroxylation sites is 1. The number of aromatic amines is 1. The summed E-state index contributed by atoms with van der Waals surface area (Å²) in [5.74, 6) is -7.97. The molecule has 0 radical (unpaired) electrons. The van der Waals surface area contributed by atoms with Crippen LogP contribution in [0.3, 0.4) is 0 Å². The lowest BCUT2D eigenvalue weighted by molar-refractivity contribution is -0.143. The number of nitrogens with zero attached hydrogens (tertiary/aromatic N) is 1. The van der Waals surface area contributed by atoms with Crippen molar-refractivity contribution in [3.05, 3.63) is 71.7 Å². The predicted molar refractivity (Wildman–Crippen MR) is 273 cm³/mol. The number of amides is 9. The van der Waals surface area contributed by atoms with Gasteiger partial charge in [-0.1, -0.05) is 30.3 Å². The van der Waals surface area contributed by atoms with Crippen molar-refractivity contribution >= 4 is 76.0 Å². The van der Waals surface area contributed by atoms with E-state index in [0.29, 0.717) is 17.5 Å². The summed E-state index contributed by atoms with van der Waals surface area (Å²) >= 11 is 0. The van der Waals surface area contributed by atoms with Crippen molar-refractivity contribution in [2.75, 3.05) is 26.2 Å². The Kier molecular flexibility index (Phi) is 21.7. The molecule has 2 fully saturated rings. The van der Waals surface area contributed by atoms with Gasteiger partial charge < -0.3 is 74.9 Å². The van der Waals surface area contributed by atoms with E-state index in [0.717, 1.165) is 10.9 Å². The minimum Gasteiger partial charge on any atom is -0.370 e. The summed E-state index contributed by atoms with van der Waals surface area (Å²) in [6, 6.07) is 3.16. The average Bonchev–Trinajstić information content (AvgIpc) is 4.03. The molecule has 3 heterocycles. The van der Waals surface area contributed by atoms with Crippen LogP contribution in [0.25, 0.3) is 10.9 Å². The second-order valence-corrected chi connectivity index (χ2v) is 18.5. The highest BCUT2D eigenvalue weighted by atomic mass is 19.1. The summed E-state index contributed by atoms with van der Waals surface area (Å²) in [6.45, 7) is 1.53. The fraction of sp³-hybridized carbons (Fsp3) is 0.490. The largest absolute Gasteiger partial charge is 0.370 e. The zero-order valence-corrected chi connectivity index (χ0v) is 41.8. The number of hydrogen-bond donors (Lipinski definition) is 15. The zero-order valence-electron chi connectivity index (χ0n) is 41.8. The molecule has 75 heavy (non-hydrogen) atoms. The number of H-pyrrole nitrogens is 1. The molecule has 5 rings (SSSR count). The van der Waals surface area contributed by atoms with Crippen LogP contribution in [-0.2, 0) is 56.0 Å². The van der Waals surface area contributed by atoms with Crippen molar-refractivity contribution in [1.29, 1.82) is 10.8 Å². The van der Waals surface area contributed by atoms with Crippen LogP contribution in [0.4, 0.5) is 4.39 Å². The fourth-order valence-electron chi connectivity index (χ4n) is 8.94. The minimum absolute atomic E-state index is 0.00874. The number of primary amides is 1. The van der Waals surface area contributed by atoms with Gasteiger partial charge in [0.1, 0.15) is 48.1 Å². The number of rotatable bonds is 16. The van der Waals surface area contributed by atoms with Crippen molar-refractivity contribution in [3.8, 4) is 0 Å². The SMILES string of the molecule is CC(=O)NC(CCCNC(=N)N)C(=O)N[C@H]1CCC(=O)NCCC[C@@H](C(N)=O)NC(=O)[C@H](Cc2c[nH]c3ccccc23)NC(=O)C(CCCNC(=N)N)NC(=O)C(Cc2ccc(F)cc2)NC(=O)[C@@H]2CCCN2C1=O. The Bertz CT molecular complexity index is 2560. The number of carbonyl (C=O) groups excluding carboxylic acids is 9. The van der Waals surface area contributed by atoms with Crippen molar-refractivity contribution in [1.82, 2.24) is 57.7 Å². The molecular formula is C49H69FN16O9. The van der Waals surface area contributed by atoms with Gasteiger partial charge in [-0.25, -0.2) is 4.39 Å². The smallest absolute Gasteiger partial charge is 0.245 e. The second-order valence-electron chi connectivity index (χ2n) is 18.5. The first-order chi connectivity index (χ1) is 35.8. The Balaban J connectivity index is 1.51. The molecule has 3 unspecified atom stereocenters. The molecule has 2 aliphatic heterocycles. The third-order valence-electron chi connectivity index (χ3n) is 12.8. The van der Waals surface area contributed by atoms with Crippen molar-refractivity contribution in [2.24, 2.45) is 17.2 Å². The molecule has 1 aromatic heterocycles. The lowest BCUT2D eigenvalue weighted by atomic mass is 10.0. The van der Waals surface area contributed by atoms with E-state index in [1.165, 1.54) is 36.1 Å². The second kappa shape index (κ2) is 28.2. The first-order valence-electron chi connectivity index (χ1n) is 24.9. The van der Waals surface area contributed by atoms with E-state index in [1.54, 1.807) is 12.3 Å². The zero-order chi connectivity index (χ0) is 54.6. The Morgan fingerprint density at radius 1 is 0.773 bits per heavy atom. The van der Waals surface area contributed by atoms with E-state index >= 15 is 0 Å². The van der Waals surface area contributed by atoms with Gasteiger partial charge in [-0.05, 0) is 87.1 Å². The molecule has 26 heteroatoms. The van der Waals surface area contributed by atoms with Gasteiger partial charge >= 0.3 is 0 Å². The van der Waals surface area contributed by atoms with E-state index < -0.39 is 101 Å². The Morgan fingerprint density at radius 3 is 2.11 bits per heavy atom. The first-order valence-corrected chi connectivity index (χ1v) is 24.9. The van der Waals surface area contributed by atoms with Crippen LogP contribution in [-0.4, -0.2) is 143 Å². The van der Waals surface area contributed by atoms with Gasteiger partial charge in [0.05, 0.1) is 0 Å². The van der Waals surface area contributed by atoms with Crippen LogP contribution >= 0.6 is 0 Å². The van der Waals surface area contributed by atoms with Gasteiger partial charge in [0.25, 0.3) is 0 Å². The van der Waals surface area contributed by atoms with Crippen LogP contribution in [0.15, 0.2) is 54.7 Å². The maximum absolute atomic E-state index is 14.6. The molecule has 406 valence electrons. The molecule has 2 saturated heterocycles. The number of nitrogens with one attached hydrogen (secondary N) is 12. The third kappa shape index (κ3) is 18.0. The van der Waals surface area contributed by atoms with Crippen LogP contribution in [0.1, 0.15) is 82.3 Å². The topological polar surface area (TPSA) is 407 Å². The van der Waals surface area contributed by atoms with Gasteiger partial charge in [-0.2, -0.15) is 0 Å². The van der Waals surface area contributed by atoms with Crippen LogP contribution in [0, 0.1) is 16.6 Å². The number of hydrogen-bond acceptors (Lipinski definition) is 11. The molecule has 0 bridgehead atoms. The lowest BCUT2D eigenvalue weighted by Crippen LogP contribution is -2.60. The molecule has 2 aliphatic rings. The predicted octanol–water partition coefficient (Wildman–Crippen LogP) is -2.29. The number of carbonyl (C=O) groups is 9. The van der Waals surface area contributed by atoms with E-state index in [2.05, 4.69) is 52.8 Å². The summed E-state index contributed by atoms with van der Waals surface area (Å²) < 4.78 is 14.1. The van der Waals surface area contributed by atoms with Gasteiger partial charge in [-0.3, -0.25) is 54.0 Å². The molecule has 9 amide bonds. The number of benzene rings is 2. The normalized spacial score (nSPS) is 22.0. The van der Waals surface area contributed by atoms with Gasteiger partial charge in [0, 0.05) is 69.5 Å². The maximum atomic E-state index is 14.6. The van der Waals surface area contributed by atoms with Crippen LogP contribution in [0.2, 0.25) is 0 Å². The summed E-state index contributed by atoms with van der Waals surface area (Å²) in [7, 11) is 0. The Hall–Kier alpha value is -8.32. The molecule has 0 saturated carbocycles. The number of aromatic nitrogens is 1. The van der Waals surface area contributed by atoms with E-state index in [-0.39, 0.29) is 109 Å². The highest BCUT2D eigenvalue weighted by Gasteiger charge is 2.40. The van der Waals surface area contributed by atoms with E-state index in [1.807, 2.05) is 18.2 Å². The van der Waals surface area contributed by atoms with Crippen molar-refractivity contribution in [2.45, 2.75) is 126 Å². The van der Waals surface area contributed by atoms with Crippen molar-refractivity contribution < 1.29 is 47.5 Å². The summed E-state index contributed by atoms with van der Waals surface area (Å²) in [5, 5.41) is 39.8. The highest BCUT2D eigenvalue weighted by Crippen LogP contribution is 2.22. The summed E-state index contributed by atoms with van der Waals surface area (Å²) in [5.41, 5.74) is 18.4. The number of fused-ring (bicyclic) bond motifs is 2. The maximum Gasteiger partial charge on any atom is 0.245 e. The molecule has 0 aliphatic carbocycles. The summed E-state index contributed by atoms with van der Waals surface area (Å²) in [6.07, 6.45) is 1.72. The molecule has 25 nitrogen and oxygen atoms in total. The number of halogens is 1. The van der Waals surface area contributed by atoms with Gasteiger partial charge in [0.2, 0.25) is 53.2 Å². The first kappa shape index (κ1) is 57.6. The van der Waals surface area contributed by atoms with E-state index in [9.17, 15) is 47.5 Å². The lowest BCUT2D eigenvalue weighted by Gasteiger charge is -2.31. The Labute approximate surface area is 432 Å². The van der Waals surface area contributed by atoms with Crippen LogP contribution < -0.4 is 65.1 Å². The molecule has 0 spiro atoms. The van der Waals surface area contributed by atoms with Gasteiger partial charge in [-0.15, -0.1) is 0 Å². The molecule has 7 atom stereocenters. The fourth-order valence-corrected chi connectivity index (χ4v) is 8.94. The third-order valence-corrected chi connectivity index (χ3v) is 12.8. The highest BCUT2D eigenvalue weighted by molar-refractivity contribution is 5.98. The Morgan fingerprint density at radius 2 is 1.41 bits per heavy atom. The summed E-state index contributed by atoms with van der Waals surface area (Å²) in [4.78, 5) is 129. The molecular weight excluding hydrogens is 976 g/mol. The standard InChI is InChI=1S/C49H69FN16O9/c1-27(67)60-34(11-5-21-57-48(52)53)42(70)63-36-18-19-40(68)56-20-4-10-33(41(51)69)61-45(73)38(25-29-26-59-32-9-3-2-8-31(29)32)64-43(71)35(12-6-22-58-49(54)55)62-44(72)37(24-28-14-16-30(50)17-15-28)65-46(74)39-13-7-23-66(39)47(36)75/h2-3,8-9,14-17,26,33-39,59H,4-7,10-13,18-25H2,1H3,(H2,51,69)(H,56,68)(H,60,67)(H,61,73)(H,62,72)(H,63,70)(H,64,71)(H,65,74)(H4,52,53,57)(H4,54,55,58)/t33-,34?,35?,36-,37?,38-,39-/m0/s1. The van der Waals surface area contributed by atoms with Crippen LogP contribution in [0.5, 0.6) is 0 Å². The molecule has 2 aromatic carbocycles. The number of guanidine groups is 2. The monoisotopic (exact) mass is 1040 g/mol. The average molecular weight is 1050 g/mol.